The number of piperidine rings is 1. The van der Waals surface area contributed by atoms with Crippen molar-refractivity contribution in [2.75, 3.05) is 25.5 Å². The van der Waals surface area contributed by atoms with Crippen LogP contribution in [0.5, 0.6) is 5.88 Å². The first-order chi connectivity index (χ1) is 8.29. The second kappa shape index (κ2) is 5.63. The maximum atomic E-state index is 11.9. The highest BCUT2D eigenvalue weighted by Gasteiger charge is 2.20. The van der Waals surface area contributed by atoms with Crippen LogP contribution in [0.4, 0.5) is 5.69 Å². The molecule has 0 radical (unpaired) electrons. The van der Waals surface area contributed by atoms with Crippen molar-refractivity contribution in [3.8, 4) is 5.88 Å². The molecule has 1 aromatic heterocycles. The van der Waals surface area contributed by atoms with Crippen molar-refractivity contribution in [3.05, 3.63) is 18.3 Å². The molecule has 1 aliphatic heterocycles. The molecule has 17 heavy (non-hydrogen) atoms. The van der Waals surface area contributed by atoms with Gasteiger partial charge in [0, 0.05) is 12.6 Å². The van der Waals surface area contributed by atoms with E-state index in [2.05, 4.69) is 15.6 Å². The van der Waals surface area contributed by atoms with Crippen LogP contribution in [0.3, 0.4) is 0 Å². The summed E-state index contributed by atoms with van der Waals surface area (Å²) in [4.78, 5) is 16.0. The minimum Gasteiger partial charge on any atom is -0.481 e. The fraction of sp³-hybridized carbons (Fsp3) is 0.500. The van der Waals surface area contributed by atoms with Gasteiger partial charge in [0.2, 0.25) is 11.8 Å². The Morgan fingerprint density at radius 1 is 1.59 bits per heavy atom. The summed E-state index contributed by atoms with van der Waals surface area (Å²) in [5.41, 5.74) is 0.710. The lowest BCUT2D eigenvalue weighted by molar-refractivity contribution is -0.120. The van der Waals surface area contributed by atoms with Gasteiger partial charge >= 0.3 is 0 Å². The van der Waals surface area contributed by atoms with Crippen molar-refractivity contribution in [2.45, 2.75) is 12.8 Å². The standard InChI is InChI=1S/C12H17N3O2/c1-17-11-5-4-10(8-14-11)15-12(16)9-3-2-6-13-7-9/h4-5,8-9,13H,2-3,6-7H2,1H3,(H,15,16). The zero-order valence-electron chi connectivity index (χ0n) is 9.90. The molecule has 1 unspecified atom stereocenters. The minimum atomic E-state index is 0.0594. The summed E-state index contributed by atoms with van der Waals surface area (Å²) in [6, 6.07) is 3.52. The molecule has 1 amide bonds. The fourth-order valence-corrected chi connectivity index (χ4v) is 1.89. The molecule has 1 aromatic rings. The number of carbonyl (C=O) groups is 1. The van der Waals surface area contributed by atoms with Gasteiger partial charge in [-0.2, -0.15) is 0 Å². The average molecular weight is 235 g/mol. The van der Waals surface area contributed by atoms with E-state index in [1.54, 1.807) is 25.4 Å². The summed E-state index contributed by atoms with van der Waals surface area (Å²) < 4.78 is 4.96. The zero-order chi connectivity index (χ0) is 12.1. The summed E-state index contributed by atoms with van der Waals surface area (Å²) in [6.07, 6.45) is 3.61. The third kappa shape index (κ3) is 3.17. The molecule has 1 fully saturated rings. The van der Waals surface area contributed by atoms with Gasteiger partial charge in [0.05, 0.1) is 24.9 Å². The Kier molecular flexibility index (Phi) is 3.93. The number of rotatable bonds is 3. The number of methoxy groups -OCH3 is 1. The highest BCUT2D eigenvalue weighted by atomic mass is 16.5. The van der Waals surface area contributed by atoms with Gasteiger partial charge in [0.15, 0.2) is 0 Å². The molecule has 2 N–H and O–H groups in total. The quantitative estimate of drug-likeness (QED) is 0.821. The summed E-state index contributed by atoms with van der Waals surface area (Å²) in [5.74, 6) is 0.664. The summed E-state index contributed by atoms with van der Waals surface area (Å²) in [6.45, 7) is 1.77. The Labute approximate surface area is 101 Å². The molecule has 2 rings (SSSR count). The number of anilines is 1. The van der Waals surface area contributed by atoms with Crippen LogP contribution in [0.1, 0.15) is 12.8 Å². The molecule has 92 valence electrons. The number of aromatic nitrogens is 1. The van der Waals surface area contributed by atoms with Crippen molar-refractivity contribution >= 4 is 11.6 Å². The van der Waals surface area contributed by atoms with Crippen molar-refractivity contribution < 1.29 is 9.53 Å². The minimum absolute atomic E-state index is 0.0594. The lowest BCUT2D eigenvalue weighted by Crippen LogP contribution is -2.37. The van der Waals surface area contributed by atoms with Crippen molar-refractivity contribution in [2.24, 2.45) is 5.92 Å². The zero-order valence-corrected chi connectivity index (χ0v) is 9.90. The summed E-state index contributed by atoms with van der Waals surface area (Å²) in [5, 5.41) is 6.09. The van der Waals surface area contributed by atoms with E-state index >= 15 is 0 Å². The van der Waals surface area contributed by atoms with Crippen LogP contribution in [-0.2, 0) is 4.79 Å². The Balaban J connectivity index is 1.92. The van der Waals surface area contributed by atoms with Crippen molar-refractivity contribution in [1.29, 1.82) is 0 Å². The van der Waals surface area contributed by atoms with Crippen LogP contribution in [0.25, 0.3) is 0 Å². The predicted octanol–water partition coefficient (Wildman–Crippen LogP) is 1.03. The number of pyridine rings is 1. The SMILES string of the molecule is COc1ccc(NC(=O)C2CCCNC2)cn1. The lowest BCUT2D eigenvalue weighted by atomic mass is 9.99. The normalized spacial score (nSPS) is 19.7. The molecule has 0 aromatic carbocycles. The van der Waals surface area contributed by atoms with Gasteiger partial charge in [-0.25, -0.2) is 4.98 Å². The maximum absolute atomic E-state index is 11.9. The summed E-state index contributed by atoms with van der Waals surface area (Å²) >= 11 is 0. The molecule has 0 bridgehead atoms. The van der Waals surface area contributed by atoms with Gasteiger partial charge in [-0.05, 0) is 25.5 Å². The predicted molar refractivity (Wildman–Crippen MR) is 65.0 cm³/mol. The third-order valence-corrected chi connectivity index (χ3v) is 2.88. The third-order valence-electron chi connectivity index (χ3n) is 2.88. The van der Waals surface area contributed by atoms with Crippen LogP contribution in [0.15, 0.2) is 18.3 Å². The Bertz CT molecular complexity index is 372. The number of hydrogen-bond acceptors (Lipinski definition) is 4. The topological polar surface area (TPSA) is 63.2 Å². The van der Waals surface area contributed by atoms with Crippen LogP contribution in [-0.4, -0.2) is 31.1 Å². The first-order valence-corrected chi connectivity index (χ1v) is 5.81. The van der Waals surface area contributed by atoms with Crippen molar-refractivity contribution in [3.63, 3.8) is 0 Å². The van der Waals surface area contributed by atoms with E-state index in [4.69, 9.17) is 4.74 Å². The molecular weight excluding hydrogens is 218 g/mol. The number of nitrogens with zero attached hydrogens (tertiary/aromatic N) is 1. The summed E-state index contributed by atoms with van der Waals surface area (Å²) in [7, 11) is 1.56. The van der Waals surface area contributed by atoms with E-state index in [-0.39, 0.29) is 11.8 Å². The molecule has 1 atom stereocenters. The van der Waals surface area contributed by atoms with E-state index < -0.39 is 0 Å². The van der Waals surface area contributed by atoms with E-state index in [0.29, 0.717) is 11.6 Å². The monoisotopic (exact) mass is 235 g/mol. The fourth-order valence-electron chi connectivity index (χ4n) is 1.89. The highest BCUT2D eigenvalue weighted by molar-refractivity contribution is 5.92. The maximum Gasteiger partial charge on any atom is 0.228 e. The second-order valence-corrected chi connectivity index (χ2v) is 4.12. The number of ether oxygens (including phenoxy) is 1. The lowest BCUT2D eigenvalue weighted by Gasteiger charge is -2.21. The van der Waals surface area contributed by atoms with Gasteiger partial charge < -0.3 is 15.4 Å². The number of hydrogen-bond donors (Lipinski definition) is 2. The molecule has 5 heteroatoms. The molecule has 0 aliphatic carbocycles. The molecule has 1 saturated heterocycles. The number of carbonyl (C=O) groups excluding carboxylic acids is 1. The largest absolute Gasteiger partial charge is 0.481 e. The van der Waals surface area contributed by atoms with Crippen molar-refractivity contribution in [1.82, 2.24) is 10.3 Å². The number of nitrogens with one attached hydrogen (secondary N) is 2. The van der Waals surface area contributed by atoms with Crippen LogP contribution in [0, 0.1) is 5.92 Å². The van der Waals surface area contributed by atoms with E-state index in [1.165, 1.54) is 0 Å². The molecular formula is C12H17N3O2. The first-order valence-electron chi connectivity index (χ1n) is 5.81. The van der Waals surface area contributed by atoms with Gasteiger partial charge in [0.25, 0.3) is 0 Å². The van der Waals surface area contributed by atoms with Crippen LogP contribution >= 0.6 is 0 Å². The second-order valence-electron chi connectivity index (χ2n) is 4.12. The van der Waals surface area contributed by atoms with E-state index in [9.17, 15) is 4.79 Å². The highest BCUT2D eigenvalue weighted by Crippen LogP contribution is 2.15. The van der Waals surface area contributed by atoms with Gasteiger partial charge in [-0.1, -0.05) is 0 Å². The van der Waals surface area contributed by atoms with Crippen LogP contribution < -0.4 is 15.4 Å². The van der Waals surface area contributed by atoms with E-state index in [1.807, 2.05) is 0 Å². The Hall–Kier alpha value is -1.62. The van der Waals surface area contributed by atoms with Crippen LogP contribution in [0.2, 0.25) is 0 Å². The average Bonchev–Trinajstić information content (AvgIpc) is 2.40. The van der Waals surface area contributed by atoms with E-state index in [0.717, 1.165) is 25.9 Å². The molecule has 5 nitrogen and oxygen atoms in total. The molecule has 0 spiro atoms. The number of amides is 1. The molecule has 2 heterocycles. The molecule has 0 saturated carbocycles. The molecule has 1 aliphatic rings. The van der Waals surface area contributed by atoms with Gasteiger partial charge in [0.1, 0.15) is 0 Å². The first kappa shape index (κ1) is 11.9. The van der Waals surface area contributed by atoms with Gasteiger partial charge in [-0.3, -0.25) is 4.79 Å². The Morgan fingerprint density at radius 3 is 3.06 bits per heavy atom. The smallest absolute Gasteiger partial charge is 0.228 e. The Morgan fingerprint density at radius 2 is 2.47 bits per heavy atom. The van der Waals surface area contributed by atoms with Gasteiger partial charge in [-0.15, -0.1) is 0 Å².